The van der Waals surface area contributed by atoms with Gasteiger partial charge in [0.1, 0.15) is 6.07 Å². The Bertz CT molecular complexity index is 228. The molecule has 42 valence electrons. The summed E-state index contributed by atoms with van der Waals surface area (Å²) in [7, 11) is 0. The molecule has 0 aromatic heterocycles. The zero-order chi connectivity index (χ0) is 6.69. The SMILES string of the molecule is N#CC1=CC(=[N-])[CH+]C=C1. The number of nitriles is 1. The van der Waals surface area contributed by atoms with Crippen LogP contribution < -0.4 is 0 Å². The first-order chi connectivity index (χ1) is 4.33. The molecule has 0 aromatic carbocycles. The normalized spacial score (nSPS) is 15.9. The van der Waals surface area contributed by atoms with Crippen molar-refractivity contribution >= 4 is 5.71 Å². The first-order valence-corrected chi connectivity index (χ1v) is 2.52. The molecule has 0 aromatic rings. The molecule has 0 fully saturated rings. The van der Waals surface area contributed by atoms with Crippen molar-refractivity contribution in [3.63, 3.8) is 0 Å². The molecule has 0 unspecified atom stereocenters. The van der Waals surface area contributed by atoms with E-state index in [1.165, 1.54) is 12.5 Å². The maximum absolute atomic E-state index is 8.79. The maximum atomic E-state index is 8.79. The number of hydrogen-bond donors (Lipinski definition) is 0. The summed E-state index contributed by atoms with van der Waals surface area (Å²) in [5, 5.41) is 17.1. The van der Waals surface area contributed by atoms with Gasteiger partial charge in [-0.3, -0.25) is 0 Å². The summed E-state index contributed by atoms with van der Waals surface area (Å²) in [6.45, 7) is 0. The van der Waals surface area contributed by atoms with E-state index in [1.54, 1.807) is 12.2 Å². The average Bonchev–Trinajstić information content (AvgIpc) is 1.88. The highest BCUT2D eigenvalue weighted by Gasteiger charge is 2.02. The lowest BCUT2D eigenvalue weighted by molar-refractivity contribution is 1.49. The molecule has 0 heterocycles. The van der Waals surface area contributed by atoms with Gasteiger partial charge in [0, 0.05) is 18.6 Å². The molecule has 9 heavy (non-hydrogen) atoms. The molecule has 0 saturated carbocycles. The fourth-order valence-electron chi connectivity index (χ4n) is 0.575. The van der Waals surface area contributed by atoms with Crippen molar-refractivity contribution in [1.82, 2.24) is 0 Å². The van der Waals surface area contributed by atoms with Crippen LogP contribution in [0.25, 0.3) is 5.41 Å². The zero-order valence-electron chi connectivity index (χ0n) is 4.70. The largest absolute Gasteiger partial charge is 0.779 e. The predicted molar refractivity (Wildman–Crippen MR) is 35.5 cm³/mol. The molecule has 0 atom stereocenters. The molecule has 1 rings (SSSR count). The van der Waals surface area contributed by atoms with E-state index in [0.717, 1.165) is 0 Å². The summed E-state index contributed by atoms with van der Waals surface area (Å²) in [5.41, 5.74) is 0.615. The Kier molecular flexibility index (Phi) is 1.37. The Morgan fingerprint density at radius 1 is 1.67 bits per heavy atom. The quantitative estimate of drug-likeness (QED) is 0.439. The summed E-state index contributed by atoms with van der Waals surface area (Å²) in [6, 6.07) is 1.91. The van der Waals surface area contributed by atoms with E-state index in [2.05, 4.69) is 0 Å². The molecular formula is C7H4N2. The third kappa shape index (κ3) is 1.20. The summed E-state index contributed by atoms with van der Waals surface area (Å²) in [4.78, 5) is 0. The Hall–Kier alpha value is -1.49. The zero-order valence-corrected chi connectivity index (χ0v) is 4.70. The first-order valence-electron chi connectivity index (χ1n) is 2.52. The lowest BCUT2D eigenvalue weighted by atomic mass is 10.1. The minimum absolute atomic E-state index is 0.133. The third-order valence-electron chi connectivity index (χ3n) is 0.975. The van der Waals surface area contributed by atoms with E-state index in [-0.39, 0.29) is 5.71 Å². The van der Waals surface area contributed by atoms with Gasteiger partial charge in [0.05, 0.1) is 6.08 Å². The van der Waals surface area contributed by atoms with E-state index >= 15 is 0 Å². The van der Waals surface area contributed by atoms with Crippen LogP contribution in [0.3, 0.4) is 0 Å². The van der Waals surface area contributed by atoms with Crippen molar-refractivity contribution in [2.75, 3.05) is 0 Å². The molecule has 0 bridgehead atoms. The minimum Gasteiger partial charge on any atom is -0.779 e. The molecule has 0 spiro atoms. The van der Waals surface area contributed by atoms with Crippen LogP contribution in [0.15, 0.2) is 23.8 Å². The standard InChI is InChI=1S/C7H4N2/c8-5-6-2-1-3-7(9)4-6/h1-4H. The third-order valence-corrected chi connectivity index (χ3v) is 0.975. The highest BCUT2D eigenvalue weighted by Crippen LogP contribution is 2.04. The van der Waals surface area contributed by atoms with Crippen molar-refractivity contribution in [2.24, 2.45) is 0 Å². The van der Waals surface area contributed by atoms with Crippen LogP contribution in [0.4, 0.5) is 0 Å². The van der Waals surface area contributed by atoms with Gasteiger partial charge in [-0.25, -0.2) is 0 Å². The van der Waals surface area contributed by atoms with Crippen LogP contribution >= 0.6 is 0 Å². The summed E-state index contributed by atoms with van der Waals surface area (Å²) in [5.74, 6) is 0. The Morgan fingerprint density at radius 3 is 2.89 bits per heavy atom. The van der Waals surface area contributed by atoms with Crippen molar-refractivity contribution in [1.29, 1.82) is 5.26 Å². The van der Waals surface area contributed by atoms with Crippen LogP contribution in [-0.2, 0) is 0 Å². The van der Waals surface area contributed by atoms with Crippen molar-refractivity contribution < 1.29 is 0 Å². The van der Waals surface area contributed by atoms with Gasteiger partial charge in [-0.2, -0.15) is 5.26 Å². The maximum Gasteiger partial charge on any atom is 0.159 e. The second-order valence-corrected chi connectivity index (χ2v) is 1.66. The van der Waals surface area contributed by atoms with Crippen LogP contribution in [0, 0.1) is 17.8 Å². The lowest BCUT2D eigenvalue weighted by Gasteiger charge is -1.97. The van der Waals surface area contributed by atoms with E-state index in [4.69, 9.17) is 10.7 Å². The summed E-state index contributed by atoms with van der Waals surface area (Å²) >= 11 is 0. The Labute approximate surface area is 53.6 Å². The number of hydrogen-bond acceptors (Lipinski definition) is 1. The summed E-state index contributed by atoms with van der Waals surface area (Å²) < 4.78 is 0. The lowest BCUT2D eigenvalue weighted by Crippen LogP contribution is -1.94. The molecule has 2 nitrogen and oxygen atoms in total. The molecule has 0 aliphatic heterocycles. The topological polar surface area (TPSA) is 46.1 Å². The van der Waals surface area contributed by atoms with Crippen molar-refractivity contribution in [3.8, 4) is 6.07 Å². The highest BCUT2D eigenvalue weighted by molar-refractivity contribution is 6.07. The van der Waals surface area contributed by atoms with Crippen LogP contribution in [-0.4, -0.2) is 5.71 Å². The monoisotopic (exact) mass is 116 g/mol. The van der Waals surface area contributed by atoms with E-state index in [9.17, 15) is 0 Å². The first kappa shape index (κ1) is 5.64. The second kappa shape index (κ2) is 2.19. The molecule has 1 aliphatic rings. The van der Waals surface area contributed by atoms with Gasteiger partial charge in [0.25, 0.3) is 0 Å². The van der Waals surface area contributed by atoms with E-state index in [0.29, 0.717) is 5.57 Å². The fourth-order valence-corrected chi connectivity index (χ4v) is 0.575. The molecule has 1 aliphatic carbocycles. The predicted octanol–water partition coefficient (Wildman–Crippen LogP) is 1.22. The van der Waals surface area contributed by atoms with Crippen molar-refractivity contribution in [3.05, 3.63) is 35.6 Å². The van der Waals surface area contributed by atoms with Crippen molar-refractivity contribution in [2.45, 2.75) is 0 Å². The molecule has 0 saturated heterocycles. The number of rotatable bonds is 0. The fraction of sp³-hybridized carbons (Fsp3) is 0. The minimum atomic E-state index is 0.133. The number of nitrogens with zero attached hydrogens (tertiary/aromatic N) is 2. The van der Waals surface area contributed by atoms with Gasteiger partial charge in [0.15, 0.2) is 5.57 Å². The molecule has 2 heteroatoms. The van der Waals surface area contributed by atoms with Gasteiger partial charge >= 0.3 is 0 Å². The summed E-state index contributed by atoms with van der Waals surface area (Å²) in [6.07, 6.45) is 6.22. The molecule has 0 amide bonds. The second-order valence-electron chi connectivity index (χ2n) is 1.66. The van der Waals surface area contributed by atoms with Gasteiger partial charge in [-0.05, 0) is 5.71 Å². The van der Waals surface area contributed by atoms with Crippen LogP contribution in [0.5, 0.6) is 0 Å². The Balaban J connectivity index is 2.86. The molecular weight excluding hydrogens is 112 g/mol. The van der Waals surface area contributed by atoms with Gasteiger partial charge < -0.3 is 5.41 Å². The molecule has 0 radical (unpaired) electrons. The van der Waals surface area contributed by atoms with E-state index in [1.807, 2.05) is 6.07 Å². The highest BCUT2D eigenvalue weighted by atomic mass is 14.4. The van der Waals surface area contributed by atoms with Crippen LogP contribution in [0.1, 0.15) is 0 Å². The molecule has 0 N–H and O–H groups in total. The van der Waals surface area contributed by atoms with E-state index < -0.39 is 0 Å². The van der Waals surface area contributed by atoms with Gasteiger partial charge in [-0.15, -0.1) is 0 Å². The van der Waals surface area contributed by atoms with Crippen LogP contribution in [0.2, 0.25) is 0 Å². The Morgan fingerprint density at radius 2 is 2.44 bits per heavy atom. The average molecular weight is 116 g/mol. The van der Waals surface area contributed by atoms with Gasteiger partial charge in [-0.1, -0.05) is 0 Å². The smallest absolute Gasteiger partial charge is 0.159 e. The van der Waals surface area contributed by atoms with Gasteiger partial charge in [0.2, 0.25) is 0 Å². The number of allylic oxidation sites excluding steroid dienone is 4.